The Balaban J connectivity index is 1.58. The maximum atomic E-state index is 5.57. The number of nitrogens with zero attached hydrogens (tertiary/aromatic N) is 2. The third kappa shape index (κ3) is 3.35. The Morgan fingerprint density at radius 3 is 2.59 bits per heavy atom. The van der Waals surface area contributed by atoms with E-state index in [1.165, 1.54) is 16.8 Å². The molecular weight excluding hydrogens is 360 g/mol. The molecule has 1 fully saturated rings. The summed E-state index contributed by atoms with van der Waals surface area (Å²) in [5.41, 5.74) is 4.86. The number of para-hydroxylation sites is 1. The summed E-state index contributed by atoms with van der Waals surface area (Å²) in [5.74, 6) is 2.13. The third-order valence-corrected chi connectivity index (χ3v) is 5.84. The summed E-state index contributed by atoms with van der Waals surface area (Å²) >= 11 is 0. The average molecular weight is 384 g/mol. The first-order chi connectivity index (χ1) is 14.3. The van der Waals surface area contributed by atoms with E-state index < -0.39 is 0 Å². The van der Waals surface area contributed by atoms with Crippen LogP contribution in [0.2, 0.25) is 0 Å². The quantitative estimate of drug-likeness (QED) is 0.546. The van der Waals surface area contributed by atoms with Crippen LogP contribution >= 0.6 is 0 Å². The molecule has 2 atom stereocenters. The SMILES string of the molecule is COc1ccc(C2C3CCCC(=Cc4ccco4)C3=NN2c2ccccc2)cc1. The molecule has 3 aromatic rings. The molecule has 0 radical (unpaired) electrons. The number of anilines is 1. The van der Waals surface area contributed by atoms with Crippen LogP contribution in [0.15, 0.2) is 88.1 Å². The molecular formula is C25H24N2O2. The standard InChI is InChI=1S/C25H24N2O2/c1-28-21-14-12-18(13-15-21)25-23-11-5-7-19(17-22-10-6-16-29-22)24(23)26-27(25)20-8-3-2-4-9-20/h2-4,6,8-10,12-17,23,25H,5,7,11H2,1H3. The van der Waals surface area contributed by atoms with Gasteiger partial charge in [-0.15, -0.1) is 0 Å². The Kier molecular flexibility index (Phi) is 4.68. The highest BCUT2D eigenvalue weighted by atomic mass is 16.5. The van der Waals surface area contributed by atoms with E-state index in [0.717, 1.165) is 36.5 Å². The lowest BCUT2D eigenvalue weighted by Gasteiger charge is -2.30. The van der Waals surface area contributed by atoms with Crippen molar-refractivity contribution in [2.75, 3.05) is 12.1 Å². The molecule has 146 valence electrons. The number of hydrazone groups is 1. The van der Waals surface area contributed by atoms with Gasteiger partial charge in [-0.2, -0.15) is 5.10 Å². The second-order valence-corrected chi connectivity index (χ2v) is 7.57. The van der Waals surface area contributed by atoms with Crippen LogP contribution in [0.25, 0.3) is 6.08 Å². The van der Waals surface area contributed by atoms with Crippen molar-refractivity contribution in [1.82, 2.24) is 0 Å². The Hall–Kier alpha value is -3.27. The van der Waals surface area contributed by atoms with E-state index >= 15 is 0 Å². The Bertz CT molecular complexity index is 1020. The lowest BCUT2D eigenvalue weighted by atomic mass is 9.77. The summed E-state index contributed by atoms with van der Waals surface area (Å²) in [6.07, 6.45) is 7.21. The second-order valence-electron chi connectivity index (χ2n) is 7.57. The Morgan fingerprint density at radius 1 is 1.03 bits per heavy atom. The van der Waals surface area contributed by atoms with Crippen molar-refractivity contribution in [2.45, 2.75) is 25.3 Å². The molecule has 2 aliphatic rings. The maximum Gasteiger partial charge on any atom is 0.126 e. The van der Waals surface area contributed by atoms with Crippen molar-refractivity contribution in [2.24, 2.45) is 11.0 Å². The number of hydrogen-bond acceptors (Lipinski definition) is 4. The Morgan fingerprint density at radius 2 is 1.86 bits per heavy atom. The van der Waals surface area contributed by atoms with Crippen molar-refractivity contribution in [3.05, 3.63) is 89.9 Å². The van der Waals surface area contributed by atoms with Gasteiger partial charge in [-0.25, -0.2) is 0 Å². The second kappa shape index (κ2) is 7.63. The predicted octanol–water partition coefficient (Wildman–Crippen LogP) is 6.09. The van der Waals surface area contributed by atoms with Gasteiger partial charge in [0.15, 0.2) is 0 Å². The molecule has 0 bridgehead atoms. The van der Waals surface area contributed by atoms with Gasteiger partial charge in [-0.05, 0) is 72.9 Å². The summed E-state index contributed by atoms with van der Waals surface area (Å²) < 4.78 is 10.9. The van der Waals surface area contributed by atoms with Crippen LogP contribution in [0.5, 0.6) is 5.75 Å². The molecule has 0 saturated heterocycles. The molecule has 0 spiro atoms. The predicted molar refractivity (Wildman–Crippen MR) is 116 cm³/mol. The van der Waals surface area contributed by atoms with Crippen molar-refractivity contribution in [3.8, 4) is 5.75 Å². The number of hydrogen-bond donors (Lipinski definition) is 0. The fourth-order valence-corrected chi connectivity index (χ4v) is 4.47. The van der Waals surface area contributed by atoms with Crippen LogP contribution in [0.1, 0.15) is 36.6 Å². The Labute approximate surface area is 171 Å². The minimum Gasteiger partial charge on any atom is -0.497 e. The smallest absolute Gasteiger partial charge is 0.126 e. The van der Waals surface area contributed by atoms with E-state index in [1.807, 2.05) is 30.3 Å². The number of rotatable bonds is 4. The minimum atomic E-state index is 0.179. The lowest BCUT2D eigenvalue weighted by molar-refractivity contribution is 0.414. The molecule has 1 aliphatic carbocycles. The molecule has 2 unspecified atom stereocenters. The number of ether oxygens (including phenoxy) is 1. The van der Waals surface area contributed by atoms with Crippen molar-refractivity contribution in [3.63, 3.8) is 0 Å². The highest BCUT2D eigenvalue weighted by Crippen LogP contribution is 2.46. The van der Waals surface area contributed by atoms with E-state index in [1.54, 1.807) is 13.4 Å². The van der Waals surface area contributed by atoms with Gasteiger partial charge in [0, 0.05) is 5.92 Å². The monoisotopic (exact) mass is 384 g/mol. The first-order valence-electron chi connectivity index (χ1n) is 10.1. The molecule has 0 N–H and O–H groups in total. The van der Waals surface area contributed by atoms with E-state index in [4.69, 9.17) is 14.3 Å². The van der Waals surface area contributed by atoms with Crippen LogP contribution in [0.4, 0.5) is 5.69 Å². The zero-order chi connectivity index (χ0) is 19.6. The number of furan rings is 1. The van der Waals surface area contributed by atoms with Gasteiger partial charge in [0.05, 0.1) is 30.8 Å². The molecule has 29 heavy (non-hydrogen) atoms. The number of allylic oxidation sites excluding steroid dienone is 1. The zero-order valence-electron chi connectivity index (χ0n) is 16.5. The summed E-state index contributed by atoms with van der Waals surface area (Å²) in [6.45, 7) is 0. The highest BCUT2D eigenvalue weighted by Gasteiger charge is 2.41. The van der Waals surface area contributed by atoms with Crippen molar-refractivity contribution >= 4 is 17.5 Å². The first-order valence-corrected chi connectivity index (χ1v) is 10.1. The first kappa shape index (κ1) is 17.8. The van der Waals surface area contributed by atoms with Crippen LogP contribution in [0, 0.1) is 5.92 Å². The van der Waals surface area contributed by atoms with Gasteiger partial charge < -0.3 is 9.15 Å². The van der Waals surface area contributed by atoms with E-state index in [-0.39, 0.29) is 6.04 Å². The van der Waals surface area contributed by atoms with Gasteiger partial charge in [0.25, 0.3) is 0 Å². The topological polar surface area (TPSA) is 38.0 Å². The largest absolute Gasteiger partial charge is 0.497 e. The fraction of sp³-hybridized carbons (Fsp3) is 0.240. The number of fused-ring (bicyclic) bond motifs is 1. The minimum absolute atomic E-state index is 0.179. The van der Waals surface area contributed by atoms with E-state index in [0.29, 0.717) is 5.92 Å². The molecule has 2 heterocycles. The van der Waals surface area contributed by atoms with Gasteiger partial charge in [-0.1, -0.05) is 30.3 Å². The van der Waals surface area contributed by atoms with Crippen LogP contribution < -0.4 is 9.75 Å². The number of methoxy groups -OCH3 is 1. The zero-order valence-corrected chi connectivity index (χ0v) is 16.5. The van der Waals surface area contributed by atoms with Crippen LogP contribution in [-0.4, -0.2) is 12.8 Å². The van der Waals surface area contributed by atoms with Crippen molar-refractivity contribution < 1.29 is 9.15 Å². The molecule has 5 rings (SSSR count). The molecule has 4 heteroatoms. The summed E-state index contributed by atoms with van der Waals surface area (Å²) in [6, 6.07) is 23.0. The third-order valence-electron chi connectivity index (χ3n) is 5.84. The molecule has 1 aromatic heterocycles. The van der Waals surface area contributed by atoms with E-state index in [9.17, 15) is 0 Å². The van der Waals surface area contributed by atoms with Gasteiger partial charge in [0.1, 0.15) is 11.5 Å². The number of benzene rings is 2. The fourth-order valence-electron chi connectivity index (χ4n) is 4.47. The van der Waals surface area contributed by atoms with Crippen LogP contribution in [0.3, 0.4) is 0 Å². The maximum absolute atomic E-state index is 5.57. The van der Waals surface area contributed by atoms with Crippen LogP contribution in [-0.2, 0) is 0 Å². The summed E-state index contributed by atoms with van der Waals surface area (Å²) in [7, 11) is 1.70. The normalized spacial score (nSPS) is 22.4. The highest BCUT2D eigenvalue weighted by molar-refractivity contribution is 6.08. The average Bonchev–Trinajstić information content (AvgIpc) is 3.43. The van der Waals surface area contributed by atoms with E-state index in [2.05, 4.69) is 47.5 Å². The summed E-state index contributed by atoms with van der Waals surface area (Å²) in [4.78, 5) is 0. The van der Waals surface area contributed by atoms with Crippen molar-refractivity contribution in [1.29, 1.82) is 0 Å². The summed E-state index contributed by atoms with van der Waals surface area (Å²) in [5, 5.41) is 7.35. The molecule has 1 saturated carbocycles. The molecule has 1 aliphatic heterocycles. The van der Waals surface area contributed by atoms with Gasteiger partial charge in [-0.3, -0.25) is 5.01 Å². The van der Waals surface area contributed by atoms with Gasteiger partial charge in [0.2, 0.25) is 0 Å². The molecule has 0 amide bonds. The van der Waals surface area contributed by atoms with Gasteiger partial charge >= 0.3 is 0 Å². The molecule has 4 nitrogen and oxygen atoms in total. The lowest BCUT2D eigenvalue weighted by Crippen LogP contribution is -2.28. The molecule has 2 aromatic carbocycles.